The maximum atomic E-state index is 16.6. The van der Waals surface area contributed by atoms with E-state index >= 15 is 4.39 Å². The zero-order valence-corrected chi connectivity index (χ0v) is 24.8. The number of nitrogens with zero attached hydrogens (tertiary/aromatic N) is 2. The van der Waals surface area contributed by atoms with Crippen molar-refractivity contribution in [3.8, 4) is 0 Å². The molecule has 1 aromatic rings. The molecular weight excluding hydrogens is 524 g/mol. The number of halogens is 4. The minimum atomic E-state index is -4.25. The molecule has 1 N–H and O–H groups in total. The first-order valence-electron chi connectivity index (χ1n) is 14.0. The molecule has 0 spiro atoms. The van der Waals surface area contributed by atoms with E-state index in [0.717, 1.165) is 5.56 Å². The minimum absolute atomic E-state index is 0.0797. The first kappa shape index (κ1) is 33.5. The van der Waals surface area contributed by atoms with Crippen LogP contribution in [0.1, 0.15) is 97.4 Å². The summed E-state index contributed by atoms with van der Waals surface area (Å²) < 4.78 is 63.9. The highest BCUT2D eigenvalue weighted by molar-refractivity contribution is 6.00. The van der Waals surface area contributed by atoms with Crippen molar-refractivity contribution in [2.75, 3.05) is 0 Å². The Morgan fingerprint density at radius 3 is 2.27 bits per heavy atom. The van der Waals surface area contributed by atoms with Crippen molar-refractivity contribution in [1.82, 2.24) is 4.57 Å². The molecule has 2 rings (SSSR count). The summed E-state index contributed by atoms with van der Waals surface area (Å²) in [5.41, 5.74) is 1.68. The number of ether oxygens (including phenoxy) is 1. The molecular formula is C31H44F4N2O3. The number of aliphatic hydroxyl groups is 1. The molecule has 1 saturated carbocycles. The number of hydrogen-bond donors (Lipinski definition) is 1. The number of carbonyl (C=O) groups excluding carboxylic acids is 1. The highest BCUT2D eigenvalue weighted by Crippen LogP contribution is 2.40. The molecule has 1 atom stereocenters. The van der Waals surface area contributed by atoms with E-state index in [9.17, 15) is 23.1 Å². The average Bonchev–Trinajstić information content (AvgIpc) is 3.16. The van der Waals surface area contributed by atoms with E-state index < -0.39 is 29.6 Å². The van der Waals surface area contributed by atoms with Crippen LogP contribution in [0, 0.1) is 11.8 Å². The van der Waals surface area contributed by atoms with Crippen molar-refractivity contribution in [3.05, 3.63) is 47.2 Å². The van der Waals surface area contributed by atoms with Gasteiger partial charge in [-0.05, 0) is 89.9 Å². The molecule has 0 amide bonds. The van der Waals surface area contributed by atoms with E-state index in [1.54, 1.807) is 33.0 Å². The molecule has 0 aliphatic heterocycles. The third kappa shape index (κ3) is 9.18. The second kappa shape index (κ2) is 13.8. The van der Waals surface area contributed by atoms with Crippen LogP contribution in [0.25, 0.3) is 11.6 Å². The Bertz CT molecular complexity index is 1140. The molecule has 1 unspecified atom stereocenters. The van der Waals surface area contributed by atoms with Gasteiger partial charge in [-0.15, -0.1) is 0 Å². The number of carbonyl (C=O) groups is 1. The van der Waals surface area contributed by atoms with Crippen molar-refractivity contribution >= 4 is 23.3 Å². The second-order valence-corrected chi connectivity index (χ2v) is 11.5. The normalized spacial score (nSPS) is 20.4. The first-order valence-corrected chi connectivity index (χ1v) is 14.0. The monoisotopic (exact) mass is 568 g/mol. The predicted molar refractivity (Wildman–Crippen MR) is 152 cm³/mol. The molecule has 1 heterocycles. The second-order valence-electron chi connectivity index (χ2n) is 11.5. The number of allylic oxidation sites excluding steroid dienone is 3. The molecule has 1 aliphatic rings. The van der Waals surface area contributed by atoms with Crippen LogP contribution >= 0.6 is 0 Å². The Hall–Kier alpha value is -2.68. The molecule has 5 nitrogen and oxygen atoms in total. The van der Waals surface area contributed by atoms with E-state index in [0.29, 0.717) is 35.4 Å². The summed E-state index contributed by atoms with van der Waals surface area (Å²) in [6.07, 6.45) is 1.30. The van der Waals surface area contributed by atoms with Crippen LogP contribution in [0.3, 0.4) is 0 Å². The van der Waals surface area contributed by atoms with Gasteiger partial charge in [-0.2, -0.15) is 13.2 Å². The third-order valence-corrected chi connectivity index (χ3v) is 7.14. The molecule has 9 heteroatoms. The summed E-state index contributed by atoms with van der Waals surface area (Å²) in [6, 6.07) is 0. The van der Waals surface area contributed by atoms with Crippen LogP contribution in [0.15, 0.2) is 35.4 Å². The molecule has 1 aliphatic carbocycles. The molecule has 1 aromatic heterocycles. The average molecular weight is 569 g/mol. The van der Waals surface area contributed by atoms with Crippen LogP contribution < -0.4 is 0 Å². The summed E-state index contributed by atoms with van der Waals surface area (Å²) in [4.78, 5) is 16.0. The zero-order chi connectivity index (χ0) is 30.4. The lowest BCUT2D eigenvalue weighted by Gasteiger charge is -2.30. The van der Waals surface area contributed by atoms with E-state index in [2.05, 4.69) is 11.6 Å². The molecule has 0 aromatic carbocycles. The first-order chi connectivity index (χ1) is 18.5. The van der Waals surface area contributed by atoms with Crippen LogP contribution in [0.4, 0.5) is 17.6 Å². The smallest absolute Gasteiger partial charge is 0.391 e. The molecule has 40 heavy (non-hydrogen) atoms. The Labute approximate surface area is 235 Å². The van der Waals surface area contributed by atoms with E-state index in [1.807, 2.05) is 25.3 Å². The van der Waals surface area contributed by atoms with Crippen molar-refractivity contribution in [1.29, 1.82) is 0 Å². The van der Waals surface area contributed by atoms with E-state index in [1.165, 1.54) is 13.0 Å². The number of hydrogen-bond acceptors (Lipinski definition) is 4. The fourth-order valence-electron chi connectivity index (χ4n) is 5.04. The number of alkyl halides is 3. The molecule has 0 radical (unpaired) electrons. The number of rotatable bonds is 11. The largest absolute Gasteiger partial charge is 0.472 e. The summed E-state index contributed by atoms with van der Waals surface area (Å²) in [5.74, 6) is -2.77. The van der Waals surface area contributed by atoms with Crippen LogP contribution in [-0.2, 0) is 22.5 Å². The highest BCUT2D eigenvalue weighted by atomic mass is 19.4. The summed E-state index contributed by atoms with van der Waals surface area (Å²) in [7, 11) is 0. The van der Waals surface area contributed by atoms with Crippen LogP contribution in [0.2, 0.25) is 0 Å². The number of aromatic nitrogens is 1. The van der Waals surface area contributed by atoms with Gasteiger partial charge in [-0.25, -0.2) is 9.38 Å². The summed E-state index contributed by atoms with van der Waals surface area (Å²) in [5, 5.41) is 10.6. The molecule has 0 bridgehead atoms. The Balaban J connectivity index is 2.68. The lowest BCUT2D eigenvalue weighted by molar-refractivity contribution is -0.185. The number of aliphatic imine (C=N–C) groups is 1. The topological polar surface area (TPSA) is 63.8 Å². The predicted octanol–water partition coefficient (Wildman–Crippen LogP) is 8.22. The van der Waals surface area contributed by atoms with Gasteiger partial charge in [0.2, 0.25) is 0 Å². The standard InChI is InChI=1S/C31H44F4N2O3/c1-9-20(5)27(25-17-37(18-30(7,8)39)26(24(25)10-2)16-11-21(6)38)28(32)29(36-19(3)4)40-23-14-12-22(13-15-23)31(33,34)35/h11,16-17,20,22-23,39H,3,9-10,12-15,18H2,1-2,4-8H3/b16-11-,28-27-,36-29?. The van der Waals surface area contributed by atoms with E-state index in [-0.39, 0.29) is 49.8 Å². The lowest BCUT2D eigenvalue weighted by Crippen LogP contribution is -2.32. The Morgan fingerprint density at radius 1 is 1.23 bits per heavy atom. The van der Waals surface area contributed by atoms with Gasteiger partial charge in [-0.3, -0.25) is 4.79 Å². The highest BCUT2D eigenvalue weighted by Gasteiger charge is 2.42. The summed E-state index contributed by atoms with van der Waals surface area (Å²) >= 11 is 0. The maximum Gasteiger partial charge on any atom is 0.391 e. The van der Waals surface area contributed by atoms with Gasteiger partial charge < -0.3 is 14.4 Å². The Kier molecular flexibility index (Phi) is 11.6. The third-order valence-electron chi connectivity index (χ3n) is 7.14. The van der Waals surface area contributed by atoms with Gasteiger partial charge in [0.05, 0.1) is 18.1 Å². The van der Waals surface area contributed by atoms with Gasteiger partial charge >= 0.3 is 6.18 Å². The molecule has 224 valence electrons. The number of ketones is 1. The minimum Gasteiger partial charge on any atom is -0.472 e. The van der Waals surface area contributed by atoms with Gasteiger partial charge in [0.15, 0.2) is 11.6 Å². The van der Waals surface area contributed by atoms with E-state index in [4.69, 9.17) is 4.74 Å². The summed E-state index contributed by atoms with van der Waals surface area (Å²) in [6.45, 7) is 16.1. The quantitative estimate of drug-likeness (QED) is 0.127. The Morgan fingerprint density at radius 2 is 1.82 bits per heavy atom. The van der Waals surface area contributed by atoms with Crippen molar-refractivity contribution in [2.45, 2.75) is 111 Å². The molecule has 0 saturated heterocycles. The molecule has 1 fully saturated rings. The fourth-order valence-corrected chi connectivity index (χ4v) is 5.04. The van der Waals surface area contributed by atoms with Crippen molar-refractivity contribution < 1.29 is 32.2 Å². The van der Waals surface area contributed by atoms with Crippen LogP contribution in [-0.4, -0.2) is 39.2 Å². The lowest BCUT2D eigenvalue weighted by atomic mass is 9.87. The van der Waals surface area contributed by atoms with Crippen LogP contribution in [0.5, 0.6) is 0 Å². The van der Waals surface area contributed by atoms with Gasteiger partial charge in [0, 0.05) is 28.7 Å². The van der Waals surface area contributed by atoms with Crippen molar-refractivity contribution in [3.63, 3.8) is 0 Å². The SMILES string of the molecule is C=C(C)N=C(OC1CCC(C(F)(F)F)CC1)/C(F)=C(/c1cn(CC(C)(C)O)c(/C=C\C(C)=O)c1CC)C(C)CC. The van der Waals surface area contributed by atoms with Gasteiger partial charge in [-0.1, -0.05) is 27.4 Å². The maximum absolute atomic E-state index is 16.6. The van der Waals surface area contributed by atoms with Gasteiger partial charge in [0.25, 0.3) is 5.90 Å². The van der Waals surface area contributed by atoms with Gasteiger partial charge in [0.1, 0.15) is 6.10 Å². The van der Waals surface area contributed by atoms with Crippen molar-refractivity contribution in [2.24, 2.45) is 16.8 Å². The fraction of sp³-hybridized carbons (Fsp3) is 0.613. The zero-order valence-electron chi connectivity index (χ0n) is 24.8.